The second-order valence-electron chi connectivity index (χ2n) is 9.54. The fourth-order valence-electron chi connectivity index (χ4n) is 6.05. The van der Waals surface area contributed by atoms with Gasteiger partial charge in [0, 0.05) is 0 Å². The van der Waals surface area contributed by atoms with E-state index in [1.165, 1.54) is 33.4 Å². The van der Waals surface area contributed by atoms with Crippen molar-refractivity contribution in [1.82, 2.24) is 0 Å². The lowest BCUT2D eigenvalue weighted by Gasteiger charge is -2.35. The average Bonchev–Trinajstić information content (AvgIpc) is 3.20. The molecular weight excluding hydrogens is 428 g/mol. The molecular formula is C33H34O2. The normalized spacial score (nSPS) is 13.5. The van der Waals surface area contributed by atoms with Crippen LogP contribution in [-0.2, 0) is 31.1 Å². The second kappa shape index (κ2) is 8.92. The highest BCUT2D eigenvalue weighted by Gasteiger charge is 2.46. The summed E-state index contributed by atoms with van der Waals surface area (Å²) in [5.41, 5.74) is 10.7. The summed E-state index contributed by atoms with van der Waals surface area (Å²) in [7, 11) is 0. The molecule has 0 fully saturated rings. The van der Waals surface area contributed by atoms with Crippen molar-refractivity contribution in [2.24, 2.45) is 0 Å². The van der Waals surface area contributed by atoms with Gasteiger partial charge in [-0.1, -0.05) is 100 Å². The molecule has 0 heterocycles. The fraction of sp³-hybridized carbons (Fsp3) is 0.273. The van der Waals surface area contributed by atoms with Crippen LogP contribution in [0.5, 0.6) is 11.5 Å². The number of aryl methyl sites for hydroxylation is 4. The van der Waals surface area contributed by atoms with Gasteiger partial charge in [0.1, 0.15) is 11.5 Å². The molecule has 2 N–H and O–H groups in total. The molecule has 5 rings (SSSR count). The Morgan fingerprint density at radius 1 is 0.514 bits per heavy atom. The van der Waals surface area contributed by atoms with Crippen LogP contribution in [0.4, 0.5) is 0 Å². The molecule has 0 spiro atoms. The van der Waals surface area contributed by atoms with E-state index in [9.17, 15) is 10.2 Å². The average molecular weight is 463 g/mol. The SMILES string of the molecule is CCc1cc(C2(c3cc(CC)c(O)c(CC)c3)c3ccccc3-c3ccccc32)cc(CC)c1O. The first-order chi connectivity index (χ1) is 17.0. The molecule has 0 saturated heterocycles. The third kappa shape index (κ3) is 3.31. The quantitative estimate of drug-likeness (QED) is 0.271. The van der Waals surface area contributed by atoms with Gasteiger partial charge in [-0.3, -0.25) is 0 Å². The summed E-state index contributed by atoms with van der Waals surface area (Å²) in [6.45, 7) is 8.41. The van der Waals surface area contributed by atoms with Gasteiger partial charge in [0.2, 0.25) is 0 Å². The molecule has 2 nitrogen and oxygen atoms in total. The third-order valence-electron chi connectivity index (χ3n) is 7.88. The van der Waals surface area contributed by atoms with Crippen LogP contribution in [-0.4, -0.2) is 10.2 Å². The topological polar surface area (TPSA) is 40.5 Å². The lowest BCUT2D eigenvalue weighted by Crippen LogP contribution is -2.29. The van der Waals surface area contributed by atoms with Crippen LogP contribution in [0.3, 0.4) is 0 Å². The largest absolute Gasteiger partial charge is 0.507 e. The van der Waals surface area contributed by atoms with Gasteiger partial charge in [-0.2, -0.15) is 0 Å². The minimum Gasteiger partial charge on any atom is -0.507 e. The Balaban J connectivity index is 1.99. The maximum absolute atomic E-state index is 11.0. The molecule has 1 aliphatic rings. The van der Waals surface area contributed by atoms with Crippen LogP contribution in [0.25, 0.3) is 11.1 Å². The number of fused-ring (bicyclic) bond motifs is 3. The Morgan fingerprint density at radius 2 is 0.829 bits per heavy atom. The van der Waals surface area contributed by atoms with Crippen molar-refractivity contribution in [2.75, 3.05) is 0 Å². The Bertz CT molecular complexity index is 1250. The first kappa shape index (κ1) is 23.2. The summed E-state index contributed by atoms with van der Waals surface area (Å²) in [6, 6.07) is 26.3. The minimum absolute atomic E-state index is 0.419. The smallest absolute Gasteiger partial charge is 0.121 e. The summed E-state index contributed by atoms with van der Waals surface area (Å²) in [6.07, 6.45) is 3.06. The predicted octanol–water partition coefficient (Wildman–Crippen LogP) is 7.71. The van der Waals surface area contributed by atoms with E-state index in [1.54, 1.807) is 0 Å². The van der Waals surface area contributed by atoms with Crippen LogP contribution in [0.15, 0.2) is 72.8 Å². The van der Waals surface area contributed by atoms with Gasteiger partial charge in [0.25, 0.3) is 0 Å². The maximum atomic E-state index is 11.0. The summed E-state index contributed by atoms with van der Waals surface area (Å²) < 4.78 is 0. The van der Waals surface area contributed by atoms with Crippen LogP contribution in [0.1, 0.15) is 72.2 Å². The zero-order valence-corrected chi connectivity index (χ0v) is 21.2. The third-order valence-corrected chi connectivity index (χ3v) is 7.88. The summed E-state index contributed by atoms with van der Waals surface area (Å²) >= 11 is 0. The van der Waals surface area contributed by atoms with E-state index in [0.717, 1.165) is 47.9 Å². The minimum atomic E-state index is -0.531. The van der Waals surface area contributed by atoms with E-state index in [2.05, 4.69) is 100 Å². The maximum Gasteiger partial charge on any atom is 0.121 e. The molecule has 178 valence electrons. The molecule has 0 atom stereocenters. The molecule has 0 bridgehead atoms. The predicted molar refractivity (Wildman–Crippen MR) is 145 cm³/mol. The van der Waals surface area contributed by atoms with Crippen LogP contribution in [0.2, 0.25) is 0 Å². The van der Waals surface area contributed by atoms with Gasteiger partial charge in [-0.05, 0) is 81.3 Å². The molecule has 4 aromatic rings. The molecule has 35 heavy (non-hydrogen) atoms. The molecule has 0 amide bonds. The van der Waals surface area contributed by atoms with Crippen LogP contribution >= 0.6 is 0 Å². The number of aromatic hydroxyl groups is 2. The molecule has 2 heteroatoms. The number of hydrogen-bond acceptors (Lipinski definition) is 2. The summed E-state index contributed by atoms with van der Waals surface area (Å²) in [4.78, 5) is 0. The Kier molecular flexibility index (Phi) is 5.92. The van der Waals surface area contributed by atoms with Gasteiger partial charge in [-0.25, -0.2) is 0 Å². The van der Waals surface area contributed by atoms with Crippen LogP contribution < -0.4 is 0 Å². The van der Waals surface area contributed by atoms with Gasteiger partial charge < -0.3 is 10.2 Å². The van der Waals surface area contributed by atoms with Crippen molar-refractivity contribution in [2.45, 2.75) is 58.8 Å². The first-order valence-corrected chi connectivity index (χ1v) is 12.9. The van der Waals surface area contributed by atoms with E-state index in [0.29, 0.717) is 11.5 Å². The highest BCUT2D eigenvalue weighted by Crippen LogP contribution is 2.57. The zero-order chi connectivity index (χ0) is 24.7. The van der Waals surface area contributed by atoms with Gasteiger partial charge in [0.05, 0.1) is 5.41 Å². The first-order valence-electron chi connectivity index (χ1n) is 12.9. The highest BCUT2D eigenvalue weighted by atomic mass is 16.3. The lowest BCUT2D eigenvalue weighted by molar-refractivity contribution is 0.461. The van der Waals surface area contributed by atoms with Crippen LogP contribution in [0, 0.1) is 0 Å². The number of benzene rings is 4. The van der Waals surface area contributed by atoms with Gasteiger partial charge in [-0.15, -0.1) is 0 Å². The van der Waals surface area contributed by atoms with Crippen molar-refractivity contribution in [1.29, 1.82) is 0 Å². The van der Waals surface area contributed by atoms with E-state index >= 15 is 0 Å². The Labute approximate surface area is 208 Å². The van der Waals surface area contributed by atoms with Crippen molar-refractivity contribution >= 4 is 0 Å². The van der Waals surface area contributed by atoms with Gasteiger partial charge >= 0.3 is 0 Å². The highest BCUT2D eigenvalue weighted by molar-refractivity contribution is 5.86. The molecule has 0 aliphatic heterocycles. The zero-order valence-electron chi connectivity index (χ0n) is 21.2. The standard InChI is InChI=1S/C33H34O2/c1-5-21-17-25(18-22(6-2)31(21)34)33(26-19-23(7-3)32(35)24(8-4)20-26)29-15-11-9-13-27(29)28-14-10-12-16-30(28)33/h9-20,34-35H,5-8H2,1-4H3. The van der Waals surface area contributed by atoms with E-state index in [4.69, 9.17) is 0 Å². The summed E-state index contributed by atoms with van der Waals surface area (Å²) in [5, 5.41) is 21.9. The van der Waals surface area contributed by atoms with E-state index < -0.39 is 5.41 Å². The van der Waals surface area contributed by atoms with Crippen molar-refractivity contribution in [3.05, 3.63) is 117 Å². The monoisotopic (exact) mass is 462 g/mol. The number of hydrogen-bond donors (Lipinski definition) is 2. The second-order valence-corrected chi connectivity index (χ2v) is 9.54. The fourth-order valence-corrected chi connectivity index (χ4v) is 6.05. The molecule has 0 radical (unpaired) electrons. The number of phenols is 2. The Morgan fingerprint density at radius 3 is 1.14 bits per heavy atom. The molecule has 0 saturated carbocycles. The van der Waals surface area contributed by atoms with Crippen molar-refractivity contribution in [3.63, 3.8) is 0 Å². The van der Waals surface area contributed by atoms with Crippen molar-refractivity contribution in [3.8, 4) is 22.6 Å². The molecule has 1 aliphatic carbocycles. The van der Waals surface area contributed by atoms with Gasteiger partial charge in [0.15, 0.2) is 0 Å². The van der Waals surface area contributed by atoms with E-state index in [-0.39, 0.29) is 0 Å². The lowest BCUT2D eigenvalue weighted by atomic mass is 9.66. The number of rotatable bonds is 6. The Hall–Kier alpha value is -3.52. The molecule has 0 unspecified atom stereocenters. The molecule has 4 aromatic carbocycles. The van der Waals surface area contributed by atoms with Crippen molar-refractivity contribution < 1.29 is 10.2 Å². The summed E-state index contributed by atoms with van der Waals surface area (Å²) in [5.74, 6) is 0.838. The number of phenolic OH excluding ortho intramolecular Hbond substituents is 2. The molecule has 0 aromatic heterocycles. The van der Waals surface area contributed by atoms with E-state index in [1.807, 2.05) is 0 Å².